The van der Waals surface area contributed by atoms with Crippen molar-refractivity contribution in [2.45, 2.75) is 12.8 Å². The standard InChI is InChI=1S/C12H12N2O2/c15-12(16)6-5-10-3-1-4-11(9-10)14-8-2-7-13-14/h1-4,7-9H,5-6H2,(H,15,16). The van der Waals surface area contributed by atoms with Gasteiger partial charge in [-0.15, -0.1) is 0 Å². The van der Waals surface area contributed by atoms with Gasteiger partial charge in [0.1, 0.15) is 0 Å². The van der Waals surface area contributed by atoms with Crippen LogP contribution in [0.15, 0.2) is 42.7 Å². The highest BCUT2D eigenvalue weighted by Gasteiger charge is 2.01. The van der Waals surface area contributed by atoms with E-state index in [0.29, 0.717) is 6.42 Å². The molecule has 0 saturated carbocycles. The van der Waals surface area contributed by atoms with E-state index >= 15 is 0 Å². The summed E-state index contributed by atoms with van der Waals surface area (Å²) in [6.07, 6.45) is 4.27. The van der Waals surface area contributed by atoms with E-state index in [4.69, 9.17) is 5.11 Å². The van der Waals surface area contributed by atoms with Crippen LogP contribution in [0.4, 0.5) is 0 Å². The van der Waals surface area contributed by atoms with Crippen LogP contribution >= 0.6 is 0 Å². The molecule has 0 aliphatic heterocycles. The van der Waals surface area contributed by atoms with E-state index in [0.717, 1.165) is 11.3 Å². The van der Waals surface area contributed by atoms with Gasteiger partial charge in [-0.25, -0.2) is 4.68 Å². The molecule has 1 heterocycles. The zero-order valence-corrected chi connectivity index (χ0v) is 8.71. The number of rotatable bonds is 4. The SMILES string of the molecule is O=C(O)CCc1cccc(-n2cccn2)c1. The van der Waals surface area contributed by atoms with Gasteiger partial charge in [-0.05, 0) is 30.2 Å². The highest BCUT2D eigenvalue weighted by atomic mass is 16.4. The molecule has 0 radical (unpaired) electrons. The lowest BCUT2D eigenvalue weighted by Crippen LogP contribution is -1.99. The van der Waals surface area contributed by atoms with Gasteiger partial charge < -0.3 is 5.11 Å². The molecule has 1 aromatic heterocycles. The smallest absolute Gasteiger partial charge is 0.303 e. The molecule has 0 atom stereocenters. The van der Waals surface area contributed by atoms with E-state index in [1.807, 2.05) is 36.5 Å². The molecule has 4 nitrogen and oxygen atoms in total. The van der Waals surface area contributed by atoms with Crippen LogP contribution in [0.3, 0.4) is 0 Å². The fraction of sp³-hybridized carbons (Fsp3) is 0.167. The average Bonchev–Trinajstić information content (AvgIpc) is 2.80. The van der Waals surface area contributed by atoms with Gasteiger partial charge in [0.05, 0.1) is 5.69 Å². The number of aromatic nitrogens is 2. The third kappa shape index (κ3) is 2.48. The first-order chi connectivity index (χ1) is 7.75. The first-order valence-electron chi connectivity index (χ1n) is 5.06. The minimum Gasteiger partial charge on any atom is -0.481 e. The van der Waals surface area contributed by atoms with Gasteiger partial charge in [0.15, 0.2) is 0 Å². The van der Waals surface area contributed by atoms with Crippen molar-refractivity contribution in [2.75, 3.05) is 0 Å². The number of benzene rings is 1. The molecule has 16 heavy (non-hydrogen) atoms. The minimum atomic E-state index is -0.774. The number of carbonyl (C=O) groups is 1. The lowest BCUT2D eigenvalue weighted by atomic mass is 10.1. The average molecular weight is 216 g/mol. The largest absolute Gasteiger partial charge is 0.481 e. The lowest BCUT2D eigenvalue weighted by molar-refractivity contribution is -0.136. The molecule has 0 spiro atoms. The molecule has 0 bridgehead atoms. The summed E-state index contributed by atoms with van der Waals surface area (Å²) in [4.78, 5) is 10.5. The van der Waals surface area contributed by atoms with Crippen LogP contribution in [0.2, 0.25) is 0 Å². The highest BCUT2D eigenvalue weighted by Crippen LogP contribution is 2.11. The summed E-state index contributed by atoms with van der Waals surface area (Å²) in [6, 6.07) is 9.58. The Balaban J connectivity index is 2.17. The van der Waals surface area contributed by atoms with E-state index in [2.05, 4.69) is 5.10 Å². The molecule has 0 amide bonds. The third-order valence-electron chi connectivity index (χ3n) is 2.31. The monoisotopic (exact) mass is 216 g/mol. The van der Waals surface area contributed by atoms with Crippen LogP contribution in [0, 0.1) is 0 Å². The van der Waals surface area contributed by atoms with Crippen LogP contribution < -0.4 is 0 Å². The maximum atomic E-state index is 10.5. The number of aliphatic carboxylic acids is 1. The van der Waals surface area contributed by atoms with Crippen molar-refractivity contribution in [3.05, 3.63) is 48.3 Å². The molecular weight excluding hydrogens is 204 g/mol. The number of carboxylic acids is 1. The van der Waals surface area contributed by atoms with Gasteiger partial charge in [-0.2, -0.15) is 5.10 Å². The van der Waals surface area contributed by atoms with E-state index in [-0.39, 0.29) is 6.42 Å². The summed E-state index contributed by atoms with van der Waals surface area (Å²) >= 11 is 0. The topological polar surface area (TPSA) is 55.1 Å². The summed E-state index contributed by atoms with van der Waals surface area (Å²) < 4.78 is 1.75. The van der Waals surface area contributed by atoms with Gasteiger partial charge in [0.25, 0.3) is 0 Å². The molecule has 82 valence electrons. The van der Waals surface area contributed by atoms with Gasteiger partial charge in [-0.1, -0.05) is 12.1 Å². The maximum Gasteiger partial charge on any atom is 0.303 e. The predicted molar refractivity (Wildman–Crippen MR) is 59.5 cm³/mol. The molecule has 1 aromatic carbocycles. The number of nitrogens with zero attached hydrogens (tertiary/aromatic N) is 2. The zero-order chi connectivity index (χ0) is 11.4. The number of carboxylic acid groups (broad SMARTS) is 1. The van der Waals surface area contributed by atoms with E-state index in [9.17, 15) is 4.79 Å². The Kier molecular flexibility index (Phi) is 3.00. The van der Waals surface area contributed by atoms with Crippen LogP contribution in [0.5, 0.6) is 0 Å². The van der Waals surface area contributed by atoms with Crippen molar-refractivity contribution >= 4 is 5.97 Å². The van der Waals surface area contributed by atoms with Crippen LogP contribution in [-0.4, -0.2) is 20.9 Å². The van der Waals surface area contributed by atoms with Crippen LogP contribution in [0.1, 0.15) is 12.0 Å². The van der Waals surface area contributed by atoms with Crippen LogP contribution in [-0.2, 0) is 11.2 Å². The molecule has 0 aliphatic rings. The van der Waals surface area contributed by atoms with Crippen molar-refractivity contribution in [1.82, 2.24) is 9.78 Å². The normalized spacial score (nSPS) is 10.2. The summed E-state index contributed by atoms with van der Waals surface area (Å²) in [5, 5.41) is 12.7. The first-order valence-corrected chi connectivity index (χ1v) is 5.06. The second kappa shape index (κ2) is 4.61. The summed E-state index contributed by atoms with van der Waals surface area (Å²) in [5.41, 5.74) is 1.96. The van der Waals surface area contributed by atoms with E-state index < -0.39 is 5.97 Å². The molecule has 0 fully saturated rings. The zero-order valence-electron chi connectivity index (χ0n) is 8.71. The third-order valence-corrected chi connectivity index (χ3v) is 2.31. The fourth-order valence-corrected chi connectivity index (χ4v) is 1.53. The van der Waals surface area contributed by atoms with Crippen molar-refractivity contribution in [3.63, 3.8) is 0 Å². The summed E-state index contributed by atoms with van der Waals surface area (Å²) in [7, 11) is 0. The molecule has 0 unspecified atom stereocenters. The van der Waals surface area contributed by atoms with Gasteiger partial charge in [0.2, 0.25) is 0 Å². The van der Waals surface area contributed by atoms with Crippen molar-refractivity contribution in [3.8, 4) is 5.69 Å². The van der Waals surface area contributed by atoms with Gasteiger partial charge in [0, 0.05) is 18.8 Å². The van der Waals surface area contributed by atoms with Crippen LogP contribution in [0.25, 0.3) is 5.69 Å². The molecule has 0 aliphatic carbocycles. The number of hydrogen-bond acceptors (Lipinski definition) is 2. The van der Waals surface area contributed by atoms with Crippen molar-refractivity contribution in [1.29, 1.82) is 0 Å². The Morgan fingerprint density at radius 3 is 2.94 bits per heavy atom. The Morgan fingerprint density at radius 2 is 2.25 bits per heavy atom. The number of aryl methyl sites for hydroxylation is 1. The Bertz CT molecular complexity index is 478. The molecule has 4 heteroatoms. The second-order valence-electron chi connectivity index (χ2n) is 3.51. The second-order valence-corrected chi connectivity index (χ2v) is 3.51. The molecule has 2 aromatic rings. The van der Waals surface area contributed by atoms with E-state index in [1.54, 1.807) is 10.9 Å². The predicted octanol–water partition coefficient (Wildman–Crippen LogP) is 1.89. The lowest BCUT2D eigenvalue weighted by Gasteiger charge is -2.04. The fourth-order valence-electron chi connectivity index (χ4n) is 1.53. The quantitative estimate of drug-likeness (QED) is 0.849. The maximum absolute atomic E-state index is 10.5. The summed E-state index contributed by atoms with van der Waals surface area (Å²) in [6.45, 7) is 0. The molecule has 1 N–H and O–H groups in total. The molecular formula is C12H12N2O2. The van der Waals surface area contributed by atoms with Gasteiger partial charge >= 0.3 is 5.97 Å². The van der Waals surface area contributed by atoms with Crippen molar-refractivity contribution in [2.24, 2.45) is 0 Å². The van der Waals surface area contributed by atoms with Gasteiger partial charge in [-0.3, -0.25) is 4.79 Å². The summed E-state index contributed by atoms with van der Waals surface area (Å²) in [5.74, 6) is -0.774. The molecule has 2 rings (SSSR count). The van der Waals surface area contributed by atoms with Crippen molar-refractivity contribution < 1.29 is 9.90 Å². The molecule has 0 saturated heterocycles. The number of hydrogen-bond donors (Lipinski definition) is 1. The minimum absolute atomic E-state index is 0.155. The first kappa shape index (κ1) is 10.4. The van der Waals surface area contributed by atoms with E-state index in [1.165, 1.54) is 0 Å². The Hall–Kier alpha value is -2.10. The Morgan fingerprint density at radius 1 is 1.38 bits per heavy atom. The highest BCUT2D eigenvalue weighted by molar-refractivity contribution is 5.67. The Labute approximate surface area is 93.1 Å².